The molecular weight excluding hydrogens is 963 g/mol. The number of aryl methyl sites for hydroxylation is 1. The number of rotatable bonds is 15. The Morgan fingerprint density at radius 3 is 1.04 bits per heavy atom. The summed E-state index contributed by atoms with van der Waals surface area (Å²) in [6.07, 6.45) is 0. The topological polar surface area (TPSA) is 203 Å². The third kappa shape index (κ3) is 12.6. The molecule has 18 heteroatoms. The molecule has 13 nitrogen and oxygen atoms in total. The summed E-state index contributed by atoms with van der Waals surface area (Å²) in [6.45, 7) is 1.88. The van der Waals surface area contributed by atoms with Crippen molar-refractivity contribution in [1.82, 2.24) is 0 Å². The summed E-state index contributed by atoms with van der Waals surface area (Å²) in [4.78, 5) is 12.3. The first kappa shape index (κ1) is 52.8. The van der Waals surface area contributed by atoms with E-state index in [2.05, 4.69) is 0 Å². The molecule has 0 bridgehead atoms. The van der Waals surface area contributed by atoms with Gasteiger partial charge in [-0.05, 0) is 151 Å². The Hall–Kier alpha value is -5.60. The molecule has 0 unspecified atom stereocenters. The van der Waals surface area contributed by atoms with Crippen molar-refractivity contribution in [1.29, 1.82) is 0 Å². The number of ketones is 1. The number of sulfone groups is 1. The summed E-state index contributed by atoms with van der Waals surface area (Å²) in [6, 6.07) is 46.6. The smallest absolute Gasteiger partial charge is 0.744 e. The first-order valence-electron chi connectivity index (χ1n) is 20.1. The zero-order valence-electron chi connectivity index (χ0n) is 37.4. The molecule has 0 aliphatic rings. The van der Waals surface area contributed by atoms with Gasteiger partial charge in [0.15, 0.2) is 5.78 Å². The molecule has 0 saturated carbocycles. The molecule has 8 aromatic carbocycles. The van der Waals surface area contributed by atoms with Crippen LogP contribution in [0, 0.1) is 6.92 Å². The summed E-state index contributed by atoms with van der Waals surface area (Å²) in [5, 5.41) is 0. The van der Waals surface area contributed by atoms with E-state index in [0.717, 1.165) is 52.1 Å². The van der Waals surface area contributed by atoms with Crippen LogP contribution in [0.2, 0.25) is 0 Å². The summed E-state index contributed by atoms with van der Waals surface area (Å²) in [7, 11) is -12.6. The van der Waals surface area contributed by atoms with Gasteiger partial charge in [0.2, 0.25) is 9.84 Å². The second-order valence-electron chi connectivity index (χ2n) is 15.0. The van der Waals surface area contributed by atoms with Gasteiger partial charge in [-0.15, -0.1) is 0 Å². The normalized spacial score (nSPS) is 11.4. The molecule has 0 aliphatic heterocycles. The van der Waals surface area contributed by atoms with Crippen LogP contribution in [0.1, 0.15) is 21.5 Å². The third-order valence-corrected chi connectivity index (χ3v) is 13.9. The quantitative estimate of drug-likeness (QED) is 0.0785. The zero-order valence-corrected chi connectivity index (χ0v) is 43.8. The molecule has 0 radical (unpaired) electrons. The number of carbonyl (C=O) groups excluding carboxylic acids is 1. The van der Waals surface area contributed by atoms with Crippen LogP contribution >= 0.6 is 0 Å². The van der Waals surface area contributed by atoms with Crippen LogP contribution in [0.25, 0.3) is 22.3 Å². The van der Waals surface area contributed by atoms with E-state index in [0.29, 0.717) is 17.2 Å². The van der Waals surface area contributed by atoms with Gasteiger partial charge in [0, 0.05) is 11.1 Å². The maximum absolute atomic E-state index is 13.6. The summed E-state index contributed by atoms with van der Waals surface area (Å²) in [5.74, 6) is 0.377. The number of methoxy groups -OCH3 is 1. The number of hydrogen-bond donors (Lipinski definition) is 0. The molecule has 8 rings (SSSR count). The van der Waals surface area contributed by atoms with Crippen LogP contribution in [0.15, 0.2) is 202 Å². The van der Waals surface area contributed by atoms with Gasteiger partial charge in [0.05, 0.1) is 26.7 Å². The molecule has 0 N–H and O–H groups in total. The second-order valence-corrected chi connectivity index (χ2v) is 19.6. The van der Waals surface area contributed by atoms with Crippen LogP contribution < -0.4 is 78.1 Å². The maximum Gasteiger partial charge on any atom is 1.00 e. The predicted octanol–water partition coefficient (Wildman–Crippen LogP) is 4.59. The molecular formula is C51H36Na2O13S3. The molecule has 0 fully saturated rings. The van der Waals surface area contributed by atoms with Crippen molar-refractivity contribution in [2.24, 2.45) is 0 Å². The van der Waals surface area contributed by atoms with E-state index < -0.39 is 45.6 Å². The molecule has 0 heterocycles. The molecule has 0 spiro atoms. The van der Waals surface area contributed by atoms with Crippen molar-refractivity contribution >= 4 is 35.9 Å². The third-order valence-electron chi connectivity index (χ3n) is 10.4. The van der Waals surface area contributed by atoms with Crippen molar-refractivity contribution in [3.63, 3.8) is 0 Å². The van der Waals surface area contributed by atoms with Crippen LogP contribution in [0.3, 0.4) is 0 Å². The van der Waals surface area contributed by atoms with E-state index in [1.165, 1.54) is 24.3 Å². The van der Waals surface area contributed by atoms with E-state index in [9.17, 15) is 39.2 Å². The van der Waals surface area contributed by atoms with E-state index in [1.54, 1.807) is 128 Å². The fourth-order valence-corrected chi connectivity index (χ4v) is 9.40. The van der Waals surface area contributed by atoms with Gasteiger partial charge in [-0.25, -0.2) is 25.3 Å². The van der Waals surface area contributed by atoms with E-state index in [1.807, 2.05) is 19.1 Å². The average molecular weight is 999 g/mol. The number of hydrogen-bond acceptors (Lipinski definition) is 13. The molecule has 0 atom stereocenters. The Labute approximate surface area is 443 Å². The fraction of sp³-hybridized carbons (Fsp3) is 0.0392. The minimum atomic E-state index is -5.23. The Morgan fingerprint density at radius 2 is 0.710 bits per heavy atom. The standard InChI is InChI=1S/C51H38O13S3.2Na/c1-33-3-25-45(26-4-33)65(53,54)46-27-23-42(24-28-46)62-41-17-7-35(8-18-41)37-11-21-44(22-12-37)64-48-30-14-39(32-50(48)67(58,59)60)51(52)38-13-29-47(49(31-38)66(55,56)57)63-43-19-9-36(10-20-43)34-5-15-40(61-2)16-6-34;;/h3-32H,1-2H3,(H,55,56,57)(H,58,59,60);;/q;2*+1/p-2. The van der Waals surface area contributed by atoms with Crippen molar-refractivity contribution < 1.29 is 117 Å². The Bertz CT molecular complexity index is 3460. The number of benzene rings is 8. The summed E-state index contributed by atoms with van der Waals surface area (Å²) < 4.78 is 123. The summed E-state index contributed by atoms with van der Waals surface area (Å²) >= 11 is 0. The fourth-order valence-electron chi connectivity index (χ4n) is 6.88. The van der Waals surface area contributed by atoms with Crippen LogP contribution in [0.4, 0.5) is 0 Å². The van der Waals surface area contributed by atoms with E-state index >= 15 is 0 Å². The second kappa shape index (κ2) is 22.0. The van der Waals surface area contributed by atoms with Crippen LogP contribution in [0.5, 0.6) is 40.2 Å². The van der Waals surface area contributed by atoms with Crippen molar-refractivity contribution in [2.75, 3.05) is 7.11 Å². The van der Waals surface area contributed by atoms with Gasteiger partial charge >= 0.3 is 59.1 Å². The minimum Gasteiger partial charge on any atom is -0.744 e. The predicted molar refractivity (Wildman–Crippen MR) is 246 cm³/mol. The largest absolute Gasteiger partial charge is 1.00 e. The van der Waals surface area contributed by atoms with Gasteiger partial charge < -0.3 is 28.1 Å². The Morgan fingerprint density at radius 1 is 0.406 bits per heavy atom. The zero-order chi connectivity index (χ0) is 47.5. The molecule has 0 aromatic heterocycles. The van der Waals surface area contributed by atoms with Gasteiger partial charge in [-0.3, -0.25) is 4.79 Å². The van der Waals surface area contributed by atoms with Crippen molar-refractivity contribution in [3.05, 3.63) is 199 Å². The number of carbonyl (C=O) groups is 1. The first-order valence-corrected chi connectivity index (χ1v) is 24.4. The Balaban J connectivity index is 0.00000391. The Kier molecular flexibility index (Phi) is 16.8. The van der Waals surface area contributed by atoms with Gasteiger partial charge in [-0.1, -0.05) is 66.2 Å². The van der Waals surface area contributed by atoms with Crippen molar-refractivity contribution in [2.45, 2.75) is 26.5 Å². The molecule has 8 aromatic rings. The molecule has 0 amide bonds. The average Bonchev–Trinajstić information content (AvgIpc) is 3.32. The monoisotopic (exact) mass is 998 g/mol. The molecule has 0 saturated heterocycles. The van der Waals surface area contributed by atoms with Gasteiger partial charge in [0.25, 0.3) is 0 Å². The minimum absolute atomic E-state index is 0. The van der Waals surface area contributed by atoms with Crippen molar-refractivity contribution in [3.8, 4) is 62.5 Å². The van der Waals surface area contributed by atoms with Gasteiger partial charge in [-0.2, -0.15) is 0 Å². The first-order chi connectivity index (χ1) is 31.9. The van der Waals surface area contributed by atoms with Gasteiger partial charge in [0.1, 0.15) is 60.5 Å². The SMILES string of the molecule is COc1ccc(-c2ccc(Oc3ccc(C(=O)c4ccc(Oc5ccc(-c6ccc(Oc7ccc(S(=O)(=O)c8ccc(C)cc8)cc7)cc6)cc5)c(S(=O)(=O)[O-])c4)cc3S(=O)(=O)[O-])cc2)cc1.[Na+].[Na+]. The number of ether oxygens (including phenoxy) is 4. The van der Waals surface area contributed by atoms with E-state index in [4.69, 9.17) is 18.9 Å². The van der Waals surface area contributed by atoms with Crippen LogP contribution in [-0.4, -0.2) is 47.3 Å². The van der Waals surface area contributed by atoms with E-state index in [-0.39, 0.29) is 103 Å². The summed E-state index contributed by atoms with van der Waals surface area (Å²) in [5.41, 5.74) is 3.60. The van der Waals surface area contributed by atoms with Crippen LogP contribution in [-0.2, 0) is 30.1 Å². The maximum atomic E-state index is 13.6. The molecule has 0 aliphatic carbocycles. The molecule has 69 heavy (non-hydrogen) atoms. The molecule has 338 valence electrons.